The van der Waals surface area contributed by atoms with Crippen LogP contribution in [0.2, 0.25) is 0 Å². The van der Waals surface area contributed by atoms with Gasteiger partial charge in [-0.15, -0.1) is 0 Å². The third-order valence-corrected chi connectivity index (χ3v) is 5.85. The minimum Gasteiger partial charge on any atom is -0.497 e. The highest BCUT2D eigenvalue weighted by molar-refractivity contribution is 6.10. The molecule has 4 aromatic carbocycles. The SMILES string of the molecule is CC[C@@H](NC(=O)c1ccccc1NC(=O)c1ccc(OC)cc1)C(=O)Nc1cccc2ccccc12. The van der Waals surface area contributed by atoms with Gasteiger partial charge in [0, 0.05) is 16.6 Å². The molecule has 7 heteroatoms. The molecule has 3 N–H and O–H groups in total. The van der Waals surface area contributed by atoms with Crippen LogP contribution in [-0.4, -0.2) is 30.9 Å². The third kappa shape index (κ3) is 5.52. The van der Waals surface area contributed by atoms with Gasteiger partial charge in [0.1, 0.15) is 11.8 Å². The maximum Gasteiger partial charge on any atom is 0.255 e. The Bertz CT molecular complexity index is 1390. The normalized spacial score (nSPS) is 11.4. The zero-order valence-corrected chi connectivity index (χ0v) is 20.1. The van der Waals surface area contributed by atoms with Crippen LogP contribution in [0.4, 0.5) is 11.4 Å². The molecule has 0 aliphatic rings. The van der Waals surface area contributed by atoms with Crippen molar-refractivity contribution in [3.05, 3.63) is 102 Å². The van der Waals surface area contributed by atoms with Crippen LogP contribution in [-0.2, 0) is 4.79 Å². The standard InChI is InChI=1S/C29H27N3O4/c1-3-24(29(35)32-25-14-8-10-19-9-4-5-11-22(19)25)30-28(34)23-12-6-7-13-26(23)31-27(33)20-15-17-21(36-2)18-16-20/h4-18,24H,3H2,1-2H3,(H,30,34)(H,31,33)(H,32,35)/t24-/m1/s1. The van der Waals surface area contributed by atoms with E-state index in [4.69, 9.17) is 4.74 Å². The summed E-state index contributed by atoms with van der Waals surface area (Å²) in [4.78, 5) is 38.9. The van der Waals surface area contributed by atoms with Crippen molar-refractivity contribution in [2.45, 2.75) is 19.4 Å². The number of benzene rings is 4. The number of hydrogen-bond acceptors (Lipinski definition) is 4. The molecule has 7 nitrogen and oxygen atoms in total. The Morgan fingerprint density at radius 3 is 2.17 bits per heavy atom. The number of carbonyl (C=O) groups is 3. The average molecular weight is 482 g/mol. The number of hydrogen-bond donors (Lipinski definition) is 3. The molecule has 1 atom stereocenters. The molecule has 0 unspecified atom stereocenters. The number of para-hydroxylation sites is 1. The van der Waals surface area contributed by atoms with Gasteiger partial charge in [-0.25, -0.2) is 0 Å². The fourth-order valence-electron chi connectivity index (χ4n) is 3.87. The second kappa shape index (κ2) is 11.2. The highest BCUT2D eigenvalue weighted by atomic mass is 16.5. The molecule has 3 amide bonds. The van der Waals surface area contributed by atoms with E-state index in [2.05, 4.69) is 16.0 Å². The van der Waals surface area contributed by atoms with Crippen molar-refractivity contribution in [3.8, 4) is 5.75 Å². The Hall–Kier alpha value is -4.65. The fraction of sp³-hybridized carbons (Fsp3) is 0.138. The van der Waals surface area contributed by atoms with E-state index in [1.54, 1.807) is 55.6 Å². The zero-order chi connectivity index (χ0) is 25.5. The van der Waals surface area contributed by atoms with Crippen molar-refractivity contribution in [1.82, 2.24) is 5.32 Å². The topological polar surface area (TPSA) is 96.5 Å². The maximum absolute atomic E-state index is 13.1. The van der Waals surface area contributed by atoms with Gasteiger partial charge in [0.15, 0.2) is 0 Å². The smallest absolute Gasteiger partial charge is 0.255 e. The number of amides is 3. The predicted molar refractivity (Wildman–Crippen MR) is 142 cm³/mol. The quantitative estimate of drug-likeness (QED) is 0.320. The van der Waals surface area contributed by atoms with Crippen LogP contribution in [0.3, 0.4) is 0 Å². The van der Waals surface area contributed by atoms with Gasteiger partial charge in [-0.3, -0.25) is 14.4 Å². The Morgan fingerprint density at radius 1 is 0.750 bits per heavy atom. The lowest BCUT2D eigenvalue weighted by molar-refractivity contribution is -0.118. The number of fused-ring (bicyclic) bond motifs is 1. The number of rotatable bonds is 8. The van der Waals surface area contributed by atoms with E-state index >= 15 is 0 Å². The molecule has 36 heavy (non-hydrogen) atoms. The number of methoxy groups -OCH3 is 1. The fourth-order valence-corrected chi connectivity index (χ4v) is 3.87. The molecule has 0 aromatic heterocycles. The van der Waals surface area contributed by atoms with E-state index in [1.807, 2.05) is 49.4 Å². The molecule has 0 spiro atoms. The van der Waals surface area contributed by atoms with Gasteiger partial charge < -0.3 is 20.7 Å². The van der Waals surface area contributed by atoms with Crippen LogP contribution in [0, 0.1) is 0 Å². The van der Waals surface area contributed by atoms with Crippen LogP contribution in [0.15, 0.2) is 91.0 Å². The molecule has 0 aliphatic carbocycles. The molecule has 0 heterocycles. The lowest BCUT2D eigenvalue weighted by Gasteiger charge is -2.19. The summed E-state index contributed by atoms with van der Waals surface area (Å²) >= 11 is 0. The van der Waals surface area contributed by atoms with Gasteiger partial charge in [0.2, 0.25) is 5.91 Å². The monoisotopic (exact) mass is 481 g/mol. The second-order valence-corrected chi connectivity index (χ2v) is 8.18. The molecule has 0 saturated heterocycles. The molecule has 0 bridgehead atoms. The first kappa shape index (κ1) is 24.5. The summed E-state index contributed by atoms with van der Waals surface area (Å²) in [7, 11) is 1.55. The van der Waals surface area contributed by atoms with Crippen LogP contribution in [0.25, 0.3) is 10.8 Å². The lowest BCUT2D eigenvalue weighted by Crippen LogP contribution is -2.43. The summed E-state index contributed by atoms with van der Waals surface area (Å²) in [5.74, 6) is -0.500. The summed E-state index contributed by atoms with van der Waals surface area (Å²) < 4.78 is 5.13. The molecule has 0 fully saturated rings. The molecular weight excluding hydrogens is 454 g/mol. The van der Waals surface area contributed by atoms with E-state index in [0.29, 0.717) is 29.1 Å². The van der Waals surface area contributed by atoms with Crippen molar-refractivity contribution >= 4 is 39.9 Å². The van der Waals surface area contributed by atoms with E-state index in [0.717, 1.165) is 10.8 Å². The van der Waals surface area contributed by atoms with E-state index in [1.165, 1.54) is 0 Å². The van der Waals surface area contributed by atoms with Gasteiger partial charge in [-0.05, 0) is 54.3 Å². The van der Waals surface area contributed by atoms with Gasteiger partial charge in [0.25, 0.3) is 11.8 Å². The zero-order valence-electron chi connectivity index (χ0n) is 20.1. The summed E-state index contributed by atoms with van der Waals surface area (Å²) in [6, 6.07) is 26.0. The average Bonchev–Trinajstić information content (AvgIpc) is 2.92. The van der Waals surface area contributed by atoms with Gasteiger partial charge >= 0.3 is 0 Å². The van der Waals surface area contributed by atoms with E-state index in [9.17, 15) is 14.4 Å². The van der Waals surface area contributed by atoms with Crippen LogP contribution in [0.5, 0.6) is 5.75 Å². The summed E-state index contributed by atoms with van der Waals surface area (Å²) in [5, 5.41) is 10.4. The number of carbonyl (C=O) groups excluding carboxylic acids is 3. The summed E-state index contributed by atoms with van der Waals surface area (Å²) in [5.41, 5.74) is 1.71. The van der Waals surface area contributed by atoms with Crippen LogP contribution < -0.4 is 20.7 Å². The number of nitrogens with one attached hydrogen (secondary N) is 3. The van der Waals surface area contributed by atoms with E-state index in [-0.39, 0.29) is 17.4 Å². The van der Waals surface area contributed by atoms with Crippen LogP contribution >= 0.6 is 0 Å². The van der Waals surface area contributed by atoms with Gasteiger partial charge in [0.05, 0.1) is 18.4 Å². The first-order chi connectivity index (χ1) is 17.5. The van der Waals surface area contributed by atoms with Gasteiger partial charge in [-0.2, -0.15) is 0 Å². The van der Waals surface area contributed by atoms with Crippen molar-refractivity contribution < 1.29 is 19.1 Å². The second-order valence-electron chi connectivity index (χ2n) is 8.18. The predicted octanol–water partition coefficient (Wildman–Crippen LogP) is 5.25. The Labute approximate surface area is 209 Å². The van der Waals surface area contributed by atoms with E-state index < -0.39 is 11.9 Å². The first-order valence-electron chi connectivity index (χ1n) is 11.6. The van der Waals surface area contributed by atoms with Gasteiger partial charge in [-0.1, -0.05) is 55.5 Å². The van der Waals surface area contributed by atoms with Crippen molar-refractivity contribution in [3.63, 3.8) is 0 Å². The molecule has 4 rings (SSSR count). The van der Waals surface area contributed by atoms with Crippen molar-refractivity contribution in [2.75, 3.05) is 17.7 Å². The minimum absolute atomic E-state index is 0.260. The number of ether oxygens (including phenoxy) is 1. The Balaban J connectivity index is 1.48. The molecule has 182 valence electrons. The summed E-state index contributed by atoms with van der Waals surface area (Å²) in [6.07, 6.45) is 0.392. The summed E-state index contributed by atoms with van der Waals surface area (Å²) in [6.45, 7) is 1.82. The third-order valence-electron chi connectivity index (χ3n) is 5.85. The highest BCUT2D eigenvalue weighted by Crippen LogP contribution is 2.23. The van der Waals surface area contributed by atoms with Crippen LogP contribution in [0.1, 0.15) is 34.1 Å². The van der Waals surface area contributed by atoms with Crippen molar-refractivity contribution in [1.29, 1.82) is 0 Å². The highest BCUT2D eigenvalue weighted by Gasteiger charge is 2.22. The largest absolute Gasteiger partial charge is 0.497 e. The van der Waals surface area contributed by atoms with Crippen molar-refractivity contribution in [2.24, 2.45) is 0 Å². The molecule has 4 aromatic rings. The number of anilines is 2. The Morgan fingerprint density at radius 2 is 1.42 bits per heavy atom. The molecule has 0 radical (unpaired) electrons. The lowest BCUT2D eigenvalue weighted by atomic mass is 10.1. The molecule has 0 saturated carbocycles. The molecular formula is C29H27N3O4. The molecule has 0 aliphatic heterocycles. The maximum atomic E-state index is 13.1. The first-order valence-corrected chi connectivity index (χ1v) is 11.6. The Kier molecular flexibility index (Phi) is 7.60. The minimum atomic E-state index is -0.762.